The van der Waals surface area contributed by atoms with Gasteiger partial charge in [-0.1, -0.05) is 32.0 Å². The van der Waals surface area contributed by atoms with Crippen LogP contribution in [0.25, 0.3) is 0 Å². The Labute approximate surface area is 175 Å². The zero-order chi connectivity index (χ0) is 21.0. The van der Waals surface area contributed by atoms with Crippen LogP contribution in [0, 0.1) is 6.92 Å². The van der Waals surface area contributed by atoms with Crippen molar-refractivity contribution in [2.45, 2.75) is 56.6 Å². The lowest BCUT2D eigenvalue weighted by molar-refractivity contribution is -0.121. The third kappa shape index (κ3) is 4.70. The number of thioether (sulfide) groups is 1. The fourth-order valence-corrected chi connectivity index (χ4v) is 4.54. The minimum absolute atomic E-state index is 0.00919. The van der Waals surface area contributed by atoms with Gasteiger partial charge >= 0.3 is 0 Å². The summed E-state index contributed by atoms with van der Waals surface area (Å²) in [6.07, 6.45) is 2.24. The van der Waals surface area contributed by atoms with E-state index in [4.69, 9.17) is 0 Å². The Kier molecular flexibility index (Phi) is 6.75. The average Bonchev–Trinajstić information content (AvgIpc) is 2.96. The van der Waals surface area contributed by atoms with Gasteiger partial charge in [-0.25, -0.2) is 4.90 Å². The standard InChI is InChI=1S/C23H26N2O3S/c1-4-7-20(26)24-17-10-12-18(13-11-17)29-19-14-21(27)25(23(19)28)22-15(3)8-6-9-16(22)5-2/h6,8-13,19H,4-5,7,14H2,1-3H3,(H,24,26)/t19-/m1/s1. The maximum atomic E-state index is 13.1. The Morgan fingerprint density at radius 3 is 2.52 bits per heavy atom. The van der Waals surface area contributed by atoms with E-state index in [0.717, 1.165) is 40.2 Å². The van der Waals surface area contributed by atoms with Crippen molar-refractivity contribution >= 4 is 40.9 Å². The molecule has 0 radical (unpaired) electrons. The van der Waals surface area contributed by atoms with Crippen LogP contribution in [-0.2, 0) is 20.8 Å². The van der Waals surface area contributed by atoms with Crippen LogP contribution in [0.15, 0.2) is 47.4 Å². The summed E-state index contributed by atoms with van der Waals surface area (Å²) in [6.45, 7) is 5.92. The molecule has 0 saturated carbocycles. The highest BCUT2D eigenvalue weighted by atomic mass is 32.2. The maximum absolute atomic E-state index is 13.1. The van der Waals surface area contributed by atoms with Crippen molar-refractivity contribution in [3.63, 3.8) is 0 Å². The number of hydrogen-bond acceptors (Lipinski definition) is 4. The summed E-state index contributed by atoms with van der Waals surface area (Å²) in [7, 11) is 0. The molecule has 0 aromatic heterocycles. The number of nitrogens with zero attached hydrogens (tertiary/aromatic N) is 1. The smallest absolute Gasteiger partial charge is 0.247 e. The van der Waals surface area contributed by atoms with Gasteiger partial charge in [0.2, 0.25) is 17.7 Å². The van der Waals surface area contributed by atoms with Crippen molar-refractivity contribution in [2.24, 2.45) is 0 Å². The molecule has 0 spiro atoms. The second-order valence-electron chi connectivity index (χ2n) is 7.14. The molecule has 1 saturated heterocycles. The highest BCUT2D eigenvalue weighted by Crippen LogP contribution is 2.37. The van der Waals surface area contributed by atoms with E-state index in [1.165, 1.54) is 16.7 Å². The number of amides is 3. The highest BCUT2D eigenvalue weighted by Gasteiger charge is 2.41. The maximum Gasteiger partial charge on any atom is 0.247 e. The Hall–Kier alpha value is -2.60. The lowest BCUT2D eigenvalue weighted by Crippen LogP contribution is -2.32. The summed E-state index contributed by atoms with van der Waals surface area (Å²) >= 11 is 1.39. The van der Waals surface area contributed by atoms with Crippen molar-refractivity contribution in [1.29, 1.82) is 0 Å². The molecule has 3 amide bonds. The molecule has 3 rings (SSSR count). The second kappa shape index (κ2) is 9.27. The molecular formula is C23H26N2O3S. The number of rotatable bonds is 7. The summed E-state index contributed by atoms with van der Waals surface area (Å²) in [5.41, 5.74) is 3.41. The minimum atomic E-state index is -0.438. The van der Waals surface area contributed by atoms with Gasteiger partial charge in [0.05, 0.1) is 10.9 Å². The van der Waals surface area contributed by atoms with Crippen LogP contribution in [0.2, 0.25) is 0 Å². The van der Waals surface area contributed by atoms with Crippen LogP contribution in [0.3, 0.4) is 0 Å². The lowest BCUT2D eigenvalue weighted by Gasteiger charge is -2.20. The van der Waals surface area contributed by atoms with E-state index in [-0.39, 0.29) is 24.1 Å². The monoisotopic (exact) mass is 410 g/mol. The molecule has 2 aromatic rings. The van der Waals surface area contributed by atoms with Gasteiger partial charge in [0, 0.05) is 23.4 Å². The quantitative estimate of drug-likeness (QED) is 0.671. The number of hydrogen-bond donors (Lipinski definition) is 1. The van der Waals surface area contributed by atoms with Crippen LogP contribution in [-0.4, -0.2) is 23.0 Å². The summed E-state index contributed by atoms with van der Waals surface area (Å²) in [5, 5.41) is 2.41. The molecule has 1 heterocycles. The Balaban J connectivity index is 1.73. The van der Waals surface area contributed by atoms with Crippen molar-refractivity contribution in [2.75, 3.05) is 10.2 Å². The van der Waals surface area contributed by atoms with E-state index < -0.39 is 5.25 Å². The number of aryl methyl sites for hydroxylation is 2. The van der Waals surface area contributed by atoms with Gasteiger partial charge in [0.1, 0.15) is 0 Å². The molecular weight excluding hydrogens is 384 g/mol. The Morgan fingerprint density at radius 1 is 1.14 bits per heavy atom. The first-order chi connectivity index (χ1) is 13.9. The van der Waals surface area contributed by atoms with Crippen molar-refractivity contribution < 1.29 is 14.4 Å². The van der Waals surface area contributed by atoms with Crippen LogP contribution < -0.4 is 10.2 Å². The van der Waals surface area contributed by atoms with Crippen molar-refractivity contribution in [3.8, 4) is 0 Å². The molecule has 1 N–H and O–H groups in total. The number of carbonyl (C=O) groups excluding carboxylic acids is 3. The first kappa shape index (κ1) is 21.1. The zero-order valence-corrected chi connectivity index (χ0v) is 17.8. The van der Waals surface area contributed by atoms with Gasteiger partial charge in [0.15, 0.2) is 0 Å². The highest BCUT2D eigenvalue weighted by molar-refractivity contribution is 8.00. The van der Waals surface area contributed by atoms with E-state index in [1.54, 1.807) is 0 Å². The molecule has 29 heavy (non-hydrogen) atoms. The normalized spacial score (nSPS) is 16.4. The van der Waals surface area contributed by atoms with Gasteiger partial charge in [-0.05, 0) is 55.2 Å². The van der Waals surface area contributed by atoms with Crippen LogP contribution in [0.1, 0.15) is 44.2 Å². The second-order valence-corrected chi connectivity index (χ2v) is 8.41. The van der Waals surface area contributed by atoms with E-state index in [0.29, 0.717) is 6.42 Å². The predicted octanol–water partition coefficient (Wildman–Crippen LogP) is 4.72. The van der Waals surface area contributed by atoms with E-state index in [2.05, 4.69) is 5.32 Å². The predicted molar refractivity (Wildman–Crippen MR) is 117 cm³/mol. The Morgan fingerprint density at radius 2 is 1.86 bits per heavy atom. The van der Waals surface area contributed by atoms with E-state index in [1.807, 2.05) is 63.2 Å². The van der Waals surface area contributed by atoms with Crippen molar-refractivity contribution in [3.05, 3.63) is 53.6 Å². The van der Waals surface area contributed by atoms with Crippen LogP contribution in [0.4, 0.5) is 11.4 Å². The molecule has 6 heteroatoms. The number of para-hydroxylation sites is 1. The van der Waals surface area contributed by atoms with Gasteiger partial charge in [-0.15, -0.1) is 11.8 Å². The lowest BCUT2D eigenvalue weighted by atomic mass is 10.0. The van der Waals surface area contributed by atoms with Crippen LogP contribution >= 0.6 is 11.8 Å². The minimum Gasteiger partial charge on any atom is -0.326 e. The molecule has 1 fully saturated rings. The molecule has 1 aliphatic rings. The summed E-state index contributed by atoms with van der Waals surface area (Å²) in [6, 6.07) is 13.2. The fraction of sp³-hybridized carbons (Fsp3) is 0.348. The van der Waals surface area contributed by atoms with Crippen LogP contribution in [0.5, 0.6) is 0 Å². The van der Waals surface area contributed by atoms with Gasteiger partial charge in [-0.2, -0.15) is 0 Å². The molecule has 1 aliphatic heterocycles. The fourth-order valence-electron chi connectivity index (χ4n) is 3.49. The third-order valence-corrected chi connectivity index (χ3v) is 6.12. The zero-order valence-electron chi connectivity index (χ0n) is 17.0. The van der Waals surface area contributed by atoms with Gasteiger partial charge in [0.25, 0.3) is 0 Å². The van der Waals surface area contributed by atoms with Crippen molar-refractivity contribution in [1.82, 2.24) is 0 Å². The topological polar surface area (TPSA) is 66.5 Å². The molecule has 2 aromatic carbocycles. The Bertz CT molecular complexity index is 924. The number of imide groups is 1. The molecule has 0 unspecified atom stereocenters. The number of benzene rings is 2. The molecule has 1 atom stereocenters. The van der Waals surface area contributed by atoms with E-state index >= 15 is 0 Å². The largest absolute Gasteiger partial charge is 0.326 e. The first-order valence-corrected chi connectivity index (χ1v) is 10.8. The average molecular weight is 411 g/mol. The summed E-state index contributed by atoms with van der Waals surface area (Å²) in [4.78, 5) is 39.7. The van der Waals surface area contributed by atoms with Gasteiger partial charge in [-0.3, -0.25) is 14.4 Å². The summed E-state index contributed by atoms with van der Waals surface area (Å²) < 4.78 is 0. The molecule has 0 bridgehead atoms. The first-order valence-electron chi connectivity index (χ1n) is 9.96. The van der Waals surface area contributed by atoms with E-state index in [9.17, 15) is 14.4 Å². The molecule has 5 nitrogen and oxygen atoms in total. The number of anilines is 2. The number of carbonyl (C=O) groups is 3. The number of nitrogens with one attached hydrogen (secondary N) is 1. The third-order valence-electron chi connectivity index (χ3n) is 4.92. The molecule has 152 valence electrons. The van der Waals surface area contributed by atoms with Gasteiger partial charge < -0.3 is 5.32 Å². The summed E-state index contributed by atoms with van der Waals surface area (Å²) in [5.74, 6) is -0.325. The SMILES string of the molecule is CCCC(=O)Nc1ccc(S[C@@H]2CC(=O)N(c3c(C)cccc3CC)C2=O)cc1. The molecule has 0 aliphatic carbocycles.